The van der Waals surface area contributed by atoms with Gasteiger partial charge in [0.2, 0.25) is 0 Å². The van der Waals surface area contributed by atoms with Crippen molar-refractivity contribution in [2.24, 2.45) is 0 Å². The molecule has 0 saturated heterocycles. The minimum absolute atomic E-state index is 0.676. The molecule has 17 heavy (non-hydrogen) atoms. The number of unbranched alkanes of at least 4 members (excludes halogenated alkanes) is 1. The van der Waals surface area contributed by atoms with Crippen LogP contribution >= 0.6 is 0 Å². The molecule has 3 nitrogen and oxygen atoms in total. The van der Waals surface area contributed by atoms with Gasteiger partial charge in [0.25, 0.3) is 0 Å². The third-order valence-corrected chi connectivity index (χ3v) is 2.73. The van der Waals surface area contributed by atoms with E-state index in [4.69, 9.17) is 5.26 Å². The summed E-state index contributed by atoms with van der Waals surface area (Å²) in [4.78, 5) is 4.33. The smallest absolute Gasteiger partial charge is 0.135 e. The van der Waals surface area contributed by atoms with Gasteiger partial charge in [-0.05, 0) is 23.9 Å². The Bertz CT molecular complexity index is 550. The number of nitriles is 1. The Balaban J connectivity index is 2.44. The predicted octanol–water partition coefficient (Wildman–Crippen LogP) is 3.32. The van der Waals surface area contributed by atoms with Crippen LogP contribution in [0.25, 0.3) is 10.8 Å². The summed E-state index contributed by atoms with van der Waals surface area (Å²) in [5, 5.41) is 14.4. The van der Waals surface area contributed by atoms with E-state index in [1.165, 1.54) is 0 Å². The first-order valence-corrected chi connectivity index (χ1v) is 5.88. The lowest BCUT2D eigenvalue weighted by atomic mass is 10.1. The molecular weight excluding hydrogens is 210 g/mol. The van der Waals surface area contributed by atoms with Crippen molar-refractivity contribution in [3.63, 3.8) is 0 Å². The molecule has 0 amide bonds. The normalized spacial score (nSPS) is 10.1. The SMILES string of the molecule is CCCCNc1nccc2cccc(C#N)c12. The zero-order chi connectivity index (χ0) is 12.1. The second kappa shape index (κ2) is 5.31. The van der Waals surface area contributed by atoms with Crippen LogP contribution in [0.4, 0.5) is 5.82 Å². The molecule has 0 aliphatic carbocycles. The molecule has 0 aliphatic heterocycles. The van der Waals surface area contributed by atoms with Gasteiger partial charge < -0.3 is 5.32 Å². The van der Waals surface area contributed by atoms with E-state index >= 15 is 0 Å². The first-order valence-electron chi connectivity index (χ1n) is 5.88. The molecule has 3 heteroatoms. The molecular formula is C14H15N3. The highest BCUT2D eigenvalue weighted by atomic mass is 15.0. The molecule has 86 valence electrons. The van der Waals surface area contributed by atoms with Gasteiger partial charge in [-0.3, -0.25) is 0 Å². The number of rotatable bonds is 4. The van der Waals surface area contributed by atoms with Gasteiger partial charge in [0, 0.05) is 18.1 Å². The summed E-state index contributed by atoms with van der Waals surface area (Å²) in [7, 11) is 0. The predicted molar refractivity (Wildman–Crippen MR) is 69.9 cm³/mol. The molecule has 1 aromatic carbocycles. The van der Waals surface area contributed by atoms with Crippen molar-refractivity contribution >= 4 is 16.6 Å². The molecule has 0 saturated carbocycles. The minimum Gasteiger partial charge on any atom is -0.370 e. The van der Waals surface area contributed by atoms with Crippen LogP contribution in [0.5, 0.6) is 0 Å². The van der Waals surface area contributed by atoms with Crippen molar-refractivity contribution in [2.75, 3.05) is 11.9 Å². The molecule has 0 radical (unpaired) electrons. The number of hydrogen-bond donors (Lipinski definition) is 1. The molecule has 0 aliphatic rings. The quantitative estimate of drug-likeness (QED) is 0.812. The Kier molecular flexibility index (Phi) is 3.56. The highest BCUT2D eigenvalue weighted by Crippen LogP contribution is 2.24. The number of fused-ring (bicyclic) bond motifs is 1. The summed E-state index contributed by atoms with van der Waals surface area (Å²) in [5.74, 6) is 0.813. The van der Waals surface area contributed by atoms with Crippen molar-refractivity contribution in [3.8, 4) is 6.07 Å². The molecule has 2 aromatic rings. The third kappa shape index (κ3) is 2.36. The van der Waals surface area contributed by atoms with E-state index in [-0.39, 0.29) is 0 Å². The van der Waals surface area contributed by atoms with E-state index in [2.05, 4.69) is 23.3 Å². The fourth-order valence-electron chi connectivity index (χ4n) is 1.84. The third-order valence-electron chi connectivity index (χ3n) is 2.73. The van der Waals surface area contributed by atoms with Gasteiger partial charge in [0.15, 0.2) is 0 Å². The lowest BCUT2D eigenvalue weighted by molar-refractivity contribution is 0.832. The molecule has 0 bridgehead atoms. The van der Waals surface area contributed by atoms with Crippen molar-refractivity contribution in [3.05, 3.63) is 36.0 Å². The van der Waals surface area contributed by atoms with Gasteiger partial charge in [0.05, 0.1) is 11.6 Å². The molecule has 1 aromatic heterocycles. The Morgan fingerprint density at radius 2 is 2.24 bits per heavy atom. The van der Waals surface area contributed by atoms with E-state index in [0.717, 1.165) is 36.0 Å². The lowest BCUT2D eigenvalue weighted by Crippen LogP contribution is -2.03. The van der Waals surface area contributed by atoms with Crippen LogP contribution in [0.1, 0.15) is 25.3 Å². The van der Waals surface area contributed by atoms with Gasteiger partial charge in [0.1, 0.15) is 5.82 Å². The number of aromatic nitrogens is 1. The summed E-state index contributed by atoms with van der Waals surface area (Å²) in [6.45, 7) is 3.04. The minimum atomic E-state index is 0.676. The summed E-state index contributed by atoms with van der Waals surface area (Å²) < 4.78 is 0. The largest absolute Gasteiger partial charge is 0.370 e. The highest BCUT2D eigenvalue weighted by molar-refractivity contribution is 5.96. The first kappa shape index (κ1) is 11.4. The number of pyridine rings is 1. The van der Waals surface area contributed by atoms with E-state index in [9.17, 15) is 0 Å². The van der Waals surface area contributed by atoms with Gasteiger partial charge in [-0.15, -0.1) is 0 Å². The van der Waals surface area contributed by atoms with Crippen LogP contribution < -0.4 is 5.32 Å². The molecule has 0 spiro atoms. The van der Waals surface area contributed by atoms with Crippen LogP contribution in [0, 0.1) is 11.3 Å². The van der Waals surface area contributed by atoms with Crippen molar-refractivity contribution in [1.29, 1.82) is 5.26 Å². The molecule has 0 unspecified atom stereocenters. The Morgan fingerprint density at radius 3 is 3.00 bits per heavy atom. The van der Waals surface area contributed by atoms with Crippen molar-refractivity contribution < 1.29 is 0 Å². The van der Waals surface area contributed by atoms with Gasteiger partial charge in [-0.1, -0.05) is 25.5 Å². The molecule has 2 rings (SSSR count). The summed E-state index contributed by atoms with van der Waals surface area (Å²) in [5.41, 5.74) is 0.676. The van der Waals surface area contributed by atoms with Gasteiger partial charge >= 0.3 is 0 Å². The Hall–Kier alpha value is -2.08. The lowest BCUT2D eigenvalue weighted by Gasteiger charge is -2.09. The maximum atomic E-state index is 9.13. The number of anilines is 1. The van der Waals surface area contributed by atoms with Crippen LogP contribution in [-0.4, -0.2) is 11.5 Å². The maximum Gasteiger partial charge on any atom is 0.135 e. The van der Waals surface area contributed by atoms with Crippen molar-refractivity contribution in [1.82, 2.24) is 4.98 Å². The molecule has 1 heterocycles. The average Bonchev–Trinajstić information content (AvgIpc) is 2.38. The number of benzene rings is 1. The second-order valence-corrected chi connectivity index (χ2v) is 3.96. The topological polar surface area (TPSA) is 48.7 Å². The van der Waals surface area contributed by atoms with Crippen LogP contribution in [0.15, 0.2) is 30.5 Å². The maximum absolute atomic E-state index is 9.13. The number of hydrogen-bond acceptors (Lipinski definition) is 3. The molecule has 1 N–H and O–H groups in total. The molecule has 0 atom stereocenters. The fourth-order valence-corrected chi connectivity index (χ4v) is 1.84. The summed E-state index contributed by atoms with van der Waals surface area (Å²) >= 11 is 0. The van der Waals surface area contributed by atoms with E-state index in [0.29, 0.717) is 5.56 Å². The zero-order valence-electron chi connectivity index (χ0n) is 9.90. The van der Waals surface area contributed by atoms with Crippen LogP contribution in [-0.2, 0) is 0 Å². The Labute approximate surface area is 101 Å². The fraction of sp³-hybridized carbons (Fsp3) is 0.286. The summed E-state index contributed by atoms with van der Waals surface area (Å²) in [6, 6.07) is 9.88. The average molecular weight is 225 g/mol. The standard InChI is InChI=1S/C14H15N3/c1-2-3-8-16-14-13-11(7-9-17-14)5-4-6-12(13)10-15/h4-7,9H,2-3,8H2,1H3,(H,16,17). The van der Waals surface area contributed by atoms with E-state index in [1.807, 2.05) is 24.3 Å². The van der Waals surface area contributed by atoms with Gasteiger partial charge in [-0.2, -0.15) is 5.26 Å². The van der Waals surface area contributed by atoms with E-state index in [1.54, 1.807) is 6.20 Å². The van der Waals surface area contributed by atoms with Crippen LogP contribution in [0.3, 0.4) is 0 Å². The van der Waals surface area contributed by atoms with E-state index < -0.39 is 0 Å². The second-order valence-electron chi connectivity index (χ2n) is 3.96. The number of nitrogens with zero attached hydrogens (tertiary/aromatic N) is 2. The van der Waals surface area contributed by atoms with Crippen molar-refractivity contribution in [2.45, 2.75) is 19.8 Å². The monoisotopic (exact) mass is 225 g/mol. The number of nitrogens with one attached hydrogen (secondary N) is 1. The molecule has 0 fully saturated rings. The summed E-state index contributed by atoms with van der Waals surface area (Å²) in [6.07, 6.45) is 4.02. The first-order chi connectivity index (χ1) is 8.36. The highest BCUT2D eigenvalue weighted by Gasteiger charge is 2.06. The van der Waals surface area contributed by atoms with Gasteiger partial charge in [-0.25, -0.2) is 4.98 Å². The van der Waals surface area contributed by atoms with Crippen LogP contribution in [0.2, 0.25) is 0 Å². The zero-order valence-corrected chi connectivity index (χ0v) is 9.90. The Morgan fingerprint density at radius 1 is 1.35 bits per heavy atom.